The molecule has 0 saturated heterocycles. The summed E-state index contributed by atoms with van der Waals surface area (Å²) < 4.78 is 0. The molecule has 2 rings (SSSR count). The topological polar surface area (TPSA) is 110 Å². The van der Waals surface area contributed by atoms with Crippen LogP contribution < -0.4 is 5.32 Å². The molecule has 0 heterocycles. The van der Waals surface area contributed by atoms with E-state index in [0.29, 0.717) is 17.7 Å². The Labute approximate surface area is 137 Å². The molecule has 0 unspecified atom stereocenters. The van der Waals surface area contributed by atoms with Crippen LogP contribution in [0.15, 0.2) is 23.1 Å². The lowest BCUT2D eigenvalue weighted by atomic mass is 9.81. The van der Waals surface area contributed by atoms with Crippen molar-refractivity contribution in [2.75, 3.05) is 6.26 Å². The summed E-state index contributed by atoms with van der Waals surface area (Å²) in [7, 11) is 0. The zero-order valence-corrected chi connectivity index (χ0v) is 13.5. The molecule has 1 aliphatic rings. The van der Waals surface area contributed by atoms with Gasteiger partial charge in [0.2, 0.25) is 0 Å². The standard InChI is InChI=1S/C15H18N2O5S/c1-23-12-6-5-10(9-11(12)17(21)22)13(18)16-15(14(19)20)7-3-2-4-8-15/h5-6,9H,2-4,7-8H2,1H3,(H,16,18)(H,19,20). The van der Waals surface area contributed by atoms with E-state index in [9.17, 15) is 24.8 Å². The van der Waals surface area contributed by atoms with Crippen molar-refractivity contribution in [3.05, 3.63) is 33.9 Å². The lowest BCUT2D eigenvalue weighted by Gasteiger charge is -2.33. The summed E-state index contributed by atoms with van der Waals surface area (Å²) >= 11 is 1.22. The van der Waals surface area contributed by atoms with Crippen molar-refractivity contribution >= 4 is 29.3 Å². The Morgan fingerprint density at radius 3 is 2.48 bits per heavy atom. The minimum atomic E-state index is -1.28. The summed E-state index contributed by atoms with van der Waals surface area (Å²) in [5, 5.41) is 23.2. The summed E-state index contributed by atoms with van der Waals surface area (Å²) in [6, 6.07) is 4.18. The molecule has 1 aromatic rings. The Morgan fingerprint density at radius 1 is 1.30 bits per heavy atom. The molecule has 1 aliphatic carbocycles. The van der Waals surface area contributed by atoms with Crippen molar-refractivity contribution in [3.8, 4) is 0 Å². The largest absolute Gasteiger partial charge is 0.480 e. The molecule has 0 bridgehead atoms. The number of carbonyl (C=O) groups is 2. The molecule has 0 radical (unpaired) electrons. The molecular weight excluding hydrogens is 320 g/mol. The highest BCUT2D eigenvalue weighted by Crippen LogP contribution is 2.31. The predicted molar refractivity (Wildman–Crippen MR) is 85.8 cm³/mol. The number of nitro benzene ring substituents is 1. The van der Waals surface area contributed by atoms with Gasteiger partial charge in [0.05, 0.1) is 9.82 Å². The number of thioether (sulfide) groups is 1. The number of carboxylic acids is 1. The third-order valence-electron chi connectivity index (χ3n) is 4.11. The molecule has 1 amide bonds. The Kier molecular flexibility index (Phi) is 5.25. The van der Waals surface area contributed by atoms with E-state index >= 15 is 0 Å². The second kappa shape index (κ2) is 6.99. The van der Waals surface area contributed by atoms with Crippen LogP contribution in [0.4, 0.5) is 5.69 Å². The van der Waals surface area contributed by atoms with Gasteiger partial charge in [-0.15, -0.1) is 11.8 Å². The third-order valence-corrected chi connectivity index (χ3v) is 4.89. The minimum Gasteiger partial charge on any atom is -0.480 e. The maximum Gasteiger partial charge on any atom is 0.329 e. The number of carboxylic acid groups (broad SMARTS) is 1. The smallest absolute Gasteiger partial charge is 0.329 e. The van der Waals surface area contributed by atoms with Crippen molar-refractivity contribution in [2.24, 2.45) is 0 Å². The van der Waals surface area contributed by atoms with Crippen LogP contribution >= 0.6 is 11.8 Å². The average Bonchev–Trinajstić information content (AvgIpc) is 2.54. The molecule has 1 saturated carbocycles. The summed E-state index contributed by atoms with van der Waals surface area (Å²) in [6.45, 7) is 0. The fourth-order valence-corrected chi connectivity index (χ4v) is 3.36. The average molecular weight is 338 g/mol. The van der Waals surface area contributed by atoms with Crippen LogP contribution in [0.1, 0.15) is 42.5 Å². The van der Waals surface area contributed by atoms with Crippen molar-refractivity contribution < 1.29 is 19.6 Å². The number of amides is 1. The van der Waals surface area contributed by atoms with Gasteiger partial charge in [-0.1, -0.05) is 19.3 Å². The maximum atomic E-state index is 12.4. The van der Waals surface area contributed by atoms with Crippen LogP contribution in [0.25, 0.3) is 0 Å². The number of rotatable bonds is 5. The molecule has 1 aromatic carbocycles. The van der Waals surface area contributed by atoms with Crippen LogP contribution in [-0.4, -0.2) is 33.7 Å². The zero-order chi connectivity index (χ0) is 17.0. The second-order valence-electron chi connectivity index (χ2n) is 5.55. The van der Waals surface area contributed by atoms with E-state index in [1.807, 2.05) is 0 Å². The second-order valence-corrected chi connectivity index (χ2v) is 6.39. The first-order chi connectivity index (χ1) is 10.9. The monoisotopic (exact) mass is 338 g/mol. The molecule has 0 aromatic heterocycles. The molecule has 7 nitrogen and oxygen atoms in total. The van der Waals surface area contributed by atoms with Gasteiger partial charge in [0, 0.05) is 11.6 Å². The quantitative estimate of drug-likeness (QED) is 0.485. The molecule has 0 spiro atoms. The molecule has 124 valence electrons. The van der Waals surface area contributed by atoms with Crippen molar-refractivity contribution in [2.45, 2.75) is 42.5 Å². The number of aliphatic carboxylic acids is 1. The van der Waals surface area contributed by atoms with E-state index in [2.05, 4.69) is 5.32 Å². The van der Waals surface area contributed by atoms with E-state index in [-0.39, 0.29) is 11.3 Å². The number of nitrogens with zero attached hydrogens (tertiary/aromatic N) is 1. The molecule has 23 heavy (non-hydrogen) atoms. The first kappa shape index (κ1) is 17.3. The van der Waals surface area contributed by atoms with E-state index in [4.69, 9.17) is 0 Å². The lowest BCUT2D eigenvalue weighted by molar-refractivity contribution is -0.387. The highest BCUT2D eigenvalue weighted by atomic mass is 32.2. The number of nitro groups is 1. The Morgan fingerprint density at radius 2 is 1.96 bits per heavy atom. The van der Waals surface area contributed by atoms with Crippen molar-refractivity contribution in [3.63, 3.8) is 0 Å². The Bertz CT molecular complexity index is 641. The van der Waals surface area contributed by atoms with Gasteiger partial charge in [-0.05, 0) is 31.2 Å². The third kappa shape index (κ3) is 3.64. The van der Waals surface area contributed by atoms with Gasteiger partial charge in [-0.3, -0.25) is 14.9 Å². The van der Waals surface area contributed by atoms with Gasteiger partial charge >= 0.3 is 5.97 Å². The van der Waals surface area contributed by atoms with Gasteiger partial charge in [0.15, 0.2) is 0 Å². The van der Waals surface area contributed by atoms with Crippen LogP contribution in [0.2, 0.25) is 0 Å². The molecule has 2 N–H and O–H groups in total. The summed E-state index contributed by atoms with van der Waals surface area (Å²) in [5.41, 5.74) is -1.33. The summed E-state index contributed by atoms with van der Waals surface area (Å²) in [6.07, 6.45) is 4.87. The number of hydrogen-bond donors (Lipinski definition) is 2. The number of hydrogen-bond acceptors (Lipinski definition) is 5. The first-order valence-corrected chi connectivity index (χ1v) is 8.50. The molecule has 8 heteroatoms. The highest BCUT2D eigenvalue weighted by molar-refractivity contribution is 7.98. The molecule has 0 atom stereocenters. The van der Waals surface area contributed by atoms with E-state index < -0.39 is 22.3 Å². The zero-order valence-electron chi connectivity index (χ0n) is 12.7. The lowest BCUT2D eigenvalue weighted by Crippen LogP contribution is -2.55. The Hall–Kier alpha value is -2.09. The van der Waals surface area contributed by atoms with Crippen molar-refractivity contribution in [1.29, 1.82) is 0 Å². The SMILES string of the molecule is CSc1ccc(C(=O)NC2(C(=O)O)CCCCC2)cc1[N+](=O)[O-]. The van der Waals surface area contributed by atoms with Crippen LogP contribution in [0.5, 0.6) is 0 Å². The molecular formula is C15H18N2O5S. The predicted octanol–water partition coefficient (Wildman–Crippen LogP) is 2.83. The normalized spacial score (nSPS) is 16.6. The first-order valence-electron chi connectivity index (χ1n) is 7.28. The van der Waals surface area contributed by atoms with E-state index in [0.717, 1.165) is 19.3 Å². The Balaban J connectivity index is 2.27. The highest BCUT2D eigenvalue weighted by Gasteiger charge is 2.41. The minimum absolute atomic E-state index is 0.0979. The fraction of sp³-hybridized carbons (Fsp3) is 0.467. The van der Waals surface area contributed by atoms with Crippen LogP contribution in [0.3, 0.4) is 0 Å². The fourth-order valence-electron chi connectivity index (χ4n) is 2.81. The summed E-state index contributed by atoms with van der Waals surface area (Å²) in [4.78, 5) is 35.0. The number of nitrogens with one attached hydrogen (secondary N) is 1. The molecule has 1 fully saturated rings. The number of benzene rings is 1. The number of carbonyl (C=O) groups excluding carboxylic acids is 1. The van der Waals surface area contributed by atoms with Gasteiger partial charge < -0.3 is 10.4 Å². The van der Waals surface area contributed by atoms with Gasteiger partial charge in [0.1, 0.15) is 5.54 Å². The van der Waals surface area contributed by atoms with Crippen LogP contribution in [-0.2, 0) is 4.79 Å². The van der Waals surface area contributed by atoms with Gasteiger partial charge in [-0.25, -0.2) is 4.79 Å². The van der Waals surface area contributed by atoms with E-state index in [1.165, 1.54) is 30.0 Å². The van der Waals surface area contributed by atoms with Gasteiger partial charge in [-0.2, -0.15) is 0 Å². The molecule has 0 aliphatic heterocycles. The van der Waals surface area contributed by atoms with Crippen molar-refractivity contribution in [1.82, 2.24) is 5.32 Å². The van der Waals surface area contributed by atoms with E-state index in [1.54, 1.807) is 6.26 Å². The maximum absolute atomic E-state index is 12.4. The summed E-state index contributed by atoms with van der Waals surface area (Å²) in [5.74, 6) is -1.65. The van der Waals surface area contributed by atoms with Crippen LogP contribution in [0, 0.1) is 10.1 Å². The van der Waals surface area contributed by atoms with Gasteiger partial charge in [0.25, 0.3) is 11.6 Å².